The molecule has 3 rings (SSSR count). The van der Waals surface area contributed by atoms with Gasteiger partial charge in [-0.2, -0.15) is 0 Å². The molecule has 0 bridgehead atoms. The van der Waals surface area contributed by atoms with Crippen LogP contribution in [-0.2, 0) is 32.6 Å². The number of benzene rings is 3. The van der Waals surface area contributed by atoms with Crippen molar-refractivity contribution in [1.82, 2.24) is 10.2 Å². The van der Waals surface area contributed by atoms with E-state index in [4.69, 9.17) is 9.47 Å². The van der Waals surface area contributed by atoms with Gasteiger partial charge in [0.1, 0.15) is 24.1 Å². The van der Waals surface area contributed by atoms with E-state index >= 15 is 0 Å². The first-order valence-electron chi connectivity index (χ1n) is 13.6. The number of hydrogen-bond donors (Lipinski definition) is 1. The van der Waals surface area contributed by atoms with Gasteiger partial charge < -0.3 is 19.7 Å². The fraction of sp³-hybridized carbons (Fsp3) is 0.375. The van der Waals surface area contributed by atoms with Crippen molar-refractivity contribution in [3.63, 3.8) is 0 Å². The van der Waals surface area contributed by atoms with Crippen molar-refractivity contribution >= 4 is 27.5 Å². The smallest absolute Gasteiger partial charge is 0.244 e. The molecule has 42 heavy (non-hydrogen) atoms. The number of hydrogen-bond acceptors (Lipinski definition) is 6. The molecule has 2 amide bonds. The number of rotatable bonds is 12. The lowest BCUT2D eigenvalue weighted by Gasteiger charge is -2.35. The highest BCUT2D eigenvalue weighted by molar-refractivity contribution is 7.92. The van der Waals surface area contributed by atoms with E-state index in [9.17, 15) is 18.0 Å². The van der Waals surface area contributed by atoms with Crippen molar-refractivity contribution in [2.75, 3.05) is 31.3 Å². The summed E-state index contributed by atoms with van der Waals surface area (Å²) < 4.78 is 37.9. The van der Waals surface area contributed by atoms with E-state index in [1.54, 1.807) is 12.1 Å². The van der Waals surface area contributed by atoms with Crippen LogP contribution in [0.4, 0.5) is 5.69 Å². The molecule has 0 aliphatic carbocycles. The van der Waals surface area contributed by atoms with Gasteiger partial charge in [-0.05, 0) is 51.0 Å². The fourth-order valence-electron chi connectivity index (χ4n) is 4.60. The van der Waals surface area contributed by atoms with Gasteiger partial charge >= 0.3 is 0 Å². The van der Waals surface area contributed by atoms with E-state index in [0.29, 0.717) is 5.75 Å². The van der Waals surface area contributed by atoms with Crippen LogP contribution in [0.3, 0.4) is 0 Å². The van der Waals surface area contributed by atoms with Crippen molar-refractivity contribution < 1.29 is 27.5 Å². The molecule has 0 saturated carbocycles. The fourth-order valence-corrected chi connectivity index (χ4v) is 5.45. The van der Waals surface area contributed by atoms with Gasteiger partial charge in [0.15, 0.2) is 0 Å². The van der Waals surface area contributed by atoms with Crippen LogP contribution >= 0.6 is 0 Å². The highest BCUT2D eigenvalue weighted by Gasteiger charge is 2.35. The molecular weight excluding hydrogens is 554 g/mol. The van der Waals surface area contributed by atoms with Gasteiger partial charge in [-0.15, -0.1) is 0 Å². The zero-order valence-corrected chi connectivity index (χ0v) is 26.2. The average Bonchev–Trinajstić information content (AvgIpc) is 2.92. The largest absolute Gasteiger partial charge is 0.497 e. The number of sulfonamides is 1. The summed E-state index contributed by atoms with van der Waals surface area (Å²) in [6, 6.07) is 20.9. The quantitative estimate of drug-likeness (QED) is 0.334. The van der Waals surface area contributed by atoms with Gasteiger partial charge in [0.05, 0.1) is 26.2 Å². The minimum Gasteiger partial charge on any atom is -0.497 e. The second-order valence-corrected chi connectivity index (χ2v) is 13.2. The van der Waals surface area contributed by atoms with Crippen LogP contribution < -0.4 is 19.1 Å². The zero-order valence-electron chi connectivity index (χ0n) is 25.4. The maximum Gasteiger partial charge on any atom is 0.244 e. The Morgan fingerprint density at radius 1 is 0.905 bits per heavy atom. The Kier molecular flexibility index (Phi) is 10.6. The van der Waals surface area contributed by atoms with E-state index < -0.39 is 34.1 Å². The molecule has 3 aromatic rings. The third-order valence-electron chi connectivity index (χ3n) is 6.54. The first-order chi connectivity index (χ1) is 19.7. The second-order valence-electron chi connectivity index (χ2n) is 11.3. The van der Waals surface area contributed by atoms with Crippen LogP contribution in [0.15, 0.2) is 72.8 Å². The summed E-state index contributed by atoms with van der Waals surface area (Å²) in [7, 11) is -1.04. The Balaban J connectivity index is 2.11. The number of carbonyl (C=O) groups excluding carboxylic acids is 2. The van der Waals surface area contributed by atoms with Crippen LogP contribution in [0.5, 0.6) is 11.5 Å². The predicted molar refractivity (Wildman–Crippen MR) is 165 cm³/mol. The first-order valence-corrected chi connectivity index (χ1v) is 15.5. The Bertz CT molecular complexity index is 1490. The summed E-state index contributed by atoms with van der Waals surface area (Å²) in [5.41, 5.74) is 2.31. The zero-order chi connectivity index (χ0) is 31.1. The summed E-state index contributed by atoms with van der Waals surface area (Å²) in [5.74, 6) is -0.174. The Hall–Kier alpha value is -4.05. The lowest BCUT2D eigenvalue weighted by molar-refractivity contribution is -0.140. The van der Waals surface area contributed by atoms with Gasteiger partial charge in [0, 0.05) is 24.6 Å². The summed E-state index contributed by atoms with van der Waals surface area (Å²) in [6.07, 6.45) is 1.27. The predicted octanol–water partition coefficient (Wildman–Crippen LogP) is 4.33. The highest BCUT2D eigenvalue weighted by atomic mass is 32.2. The molecular formula is C32H41N3O6S. The molecule has 1 atom stereocenters. The standard InChI is InChI=1S/C32H41N3O6S/c1-23-12-11-15-25(18-23)21-34(28(31(37)33-32(2,3)4)19-24-13-9-8-10-14-24)30(36)22-35(42(7,38)39)27-17-16-26(40-5)20-29(27)41-6/h8-18,20,28H,19,21-22H2,1-7H3,(H,33,37)/t28-/m0/s1. The topological polar surface area (TPSA) is 105 Å². The lowest BCUT2D eigenvalue weighted by atomic mass is 10.0. The van der Waals surface area contributed by atoms with Gasteiger partial charge in [-0.1, -0.05) is 60.2 Å². The minimum atomic E-state index is -3.95. The number of carbonyl (C=O) groups is 2. The minimum absolute atomic E-state index is 0.104. The molecule has 226 valence electrons. The molecule has 0 unspecified atom stereocenters. The Labute approximate surface area is 249 Å². The Morgan fingerprint density at radius 2 is 1.57 bits per heavy atom. The monoisotopic (exact) mass is 595 g/mol. The Morgan fingerprint density at radius 3 is 2.14 bits per heavy atom. The molecule has 0 radical (unpaired) electrons. The molecule has 9 nitrogen and oxygen atoms in total. The molecule has 0 saturated heterocycles. The van der Waals surface area contributed by atoms with Gasteiger partial charge in [-0.25, -0.2) is 8.42 Å². The van der Waals surface area contributed by atoms with Crippen LogP contribution in [0.1, 0.15) is 37.5 Å². The molecule has 0 fully saturated rings. The molecule has 0 heterocycles. The summed E-state index contributed by atoms with van der Waals surface area (Å²) in [4.78, 5) is 29.6. The molecule has 10 heteroatoms. The van der Waals surface area contributed by atoms with Crippen LogP contribution in [0, 0.1) is 6.92 Å². The maximum atomic E-state index is 14.3. The van der Waals surface area contributed by atoms with Crippen molar-refractivity contribution in [1.29, 1.82) is 0 Å². The van der Waals surface area contributed by atoms with Crippen molar-refractivity contribution in [3.8, 4) is 11.5 Å². The maximum absolute atomic E-state index is 14.3. The number of anilines is 1. The summed E-state index contributed by atoms with van der Waals surface area (Å²) in [6.45, 7) is 7.13. The number of amides is 2. The van der Waals surface area contributed by atoms with E-state index in [0.717, 1.165) is 27.3 Å². The summed E-state index contributed by atoms with van der Waals surface area (Å²) in [5, 5.41) is 3.02. The van der Waals surface area contributed by atoms with Gasteiger partial charge in [0.2, 0.25) is 21.8 Å². The highest BCUT2D eigenvalue weighted by Crippen LogP contribution is 2.34. The number of ether oxygens (including phenoxy) is 2. The number of nitrogens with zero attached hydrogens (tertiary/aromatic N) is 2. The van der Waals surface area contributed by atoms with Crippen molar-refractivity contribution in [2.45, 2.75) is 52.2 Å². The number of methoxy groups -OCH3 is 2. The molecule has 0 aliphatic heterocycles. The van der Waals surface area contributed by atoms with E-state index in [2.05, 4.69) is 5.32 Å². The van der Waals surface area contributed by atoms with E-state index in [1.165, 1.54) is 25.2 Å². The molecule has 3 aromatic carbocycles. The van der Waals surface area contributed by atoms with Crippen LogP contribution in [0.25, 0.3) is 0 Å². The number of aryl methyl sites for hydroxylation is 1. The third kappa shape index (κ3) is 8.97. The first kappa shape index (κ1) is 32.5. The van der Waals surface area contributed by atoms with E-state index in [-0.39, 0.29) is 30.3 Å². The third-order valence-corrected chi connectivity index (χ3v) is 7.67. The number of nitrogens with one attached hydrogen (secondary N) is 1. The summed E-state index contributed by atoms with van der Waals surface area (Å²) >= 11 is 0. The van der Waals surface area contributed by atoms with Crippen molar-refractivity contribution in [3.05, 3.63) is 89.5 Å². The van der Waals surface area contributed by atoms with Crippen LogP contribution in [0.2, 0.25) is 0 Å². The van der Waals surface area contributed by atoms with Gasteiger partial charge in [-0.3, -0.25) is 13.9 Å². The van der Waals surface area contributed by atoms with Crippen molar-refractivity contribution in [2.24, 2.45) is 0 Å². The average molecular weight is 596 g/mol. The molecule has 0 aliphatic rings. The molecule has 0 aromatic heterocycles. The molecule has 0 spiro atoms. The molecule has 1 N–H and O–H groups in total. The normalized spacial score (nSPS) is 12.3. The SMILES string of the molecule is COc1ccc(N(CC(=O)N(Cc2cccc(C)c2)[C@@H](Cc2ccccc2)C(=O)NC(C)(C)C)S(C)(=O)=O)c(OC)c1. The van der Waals surface area contributed by atoms with Crippen LogP contribution in [-0.4, -0.2) is 63.7 Å². The second kappa shape index (κ2) is 13.7. The van der Waals surface area contributed by atoms with E-state index in [1.807, 2.05) is 82.3 Å². The van der Waals surface area contributed by atoms with Gasteiger partial charge in [0.25, 0.3) is 0 Å². The lowest BCUT2D eigenvalue weighted by Crippen LogP contribution is -2.56.